The number of fused-ring (bicyclic) bond motifs is 1. The van der Waals surface area contributed by atoms with Crippen LogP contribution in [0.25, 0.3) is 22.4 Å². The number of imidazole rings is 1. The maximum atomic E-state index is 11.3. The number of nitrogens with one attached hydrogen (secondary N) is 2. The third-order valence-electron chi connectivity index (χ3n) is 3.80. The Kier molecular flexibility index (Phi) is 3.95. The lowest BCUT2D eigenvalue weighted by Gasteiger charge is -2.01. The fourth-order valence-electron chi connectivity index (χ4n) is 2.61. The van der Waals surface area contributed by atoms with E-state index >= 15 is 0 Å². The Bertz CT molecular complexity index is 1080. The van der Waals surface area contributed by atoms with Gasteiger partial charge in [0.15, 0.2) is 0 Å². The molecule has 7 nitrogen and oxygen atoms in total. The maximum absolute atomic E-state index is 11.3. The Balaban J connectivity index is 1.51. The monoisotopic (exact) mass is 346 g/mol. The zero-order chi connectivity index (χ0) is 17.9. The van der Waals surface area contributed by atoms with E-state index in [9.17, 15) is 9.90 Å². The van der Waals surface area contributed by atoms with Crippen LogP contribution in [0.15, 0.2) is 70.2 Å². The number of hydrazone groups is 1. The van der Waals surface area contributed by atoms with E-state index in [4.69, 9.17) is 4.42 Å². The highest BCUT2D eigenvalue weighted by atomic mass is 16.4. The summed E-state index contributed by atoms with van der Waals surface area (Å²) in [5.41, 5.74) is 5.27. The van der Waals surface area contributed by atoms with Crippen LogP contribution in [0.1, 0.15) is 16.1 Å². The number of carboxylic acid groups (broad SMARTS) is 1. The molecule has 2 aromatic heterocycles. The second-order valence-electron chi connectivity index (χ2n) is 5.53. The van der Waals surface area contributed by atoms with E-state index in [0.717, 1.165) is 11.0 Å². The minimum absolute atomic E-state index is 0.186. The Labute approximate surface area is 148 Å². The standard InChI is InChI=1S/C19H14N4O3/c24-18(25)14-6-2-1-5-13(14)17-10-9-12(26-17)11-20-23-19-21-15-7-3-4-8-16(15)22-19/h1-11H,(H,24,25)(H2,21,22,23)/b20-11-. The molecule has 4 rings (SSSR count). The quantitative estimate of drug-likeness (QED) is 0.375. The molecule has 0 atom stereocenters. The third kappa shape index (κ3) is 3.05. The summed E-state index contributed by atoms with van der Waals surface area (Å²) in [5.74, 6) is 0.473. The van der Waals surface area contributed by atoms with Crippen LogP contribution in [0.4, 0.5) is 5.95 Å². The highest BCUT2D eigenvalue weighted by molar-refractivity contribution is 5.95. The van der Waals surface area contributed by atoms with Crippen LogP contribution < -0.4 is 5.43 Å². The van der Waals surface area contributed by atoms with Crippen molar-refractivity contribution in [3.8, 4) is 11.3 Å². The van der Waals surface area contributed by atoms with Gasteiger partial charge in [-0.3, -0.25) is 0 Å². The predicted molar refractivity (Wildman–Crippen MR) is 98.4 cm³/mol. The number of aromatic carboxylic acids is 1. The van der Waals surface area contributed by atoms with Gasteiger partial charge < -0.3 is 14.5 Å². The van der Waals surface area contributed by atoms with Crippen molar-refractivity contribution in [1.29, 1.82) is 0 Å². The number of carboxylic acids is 1. The van der Waals surface area contributed by atoms with Gasteiger partial charge in [-0.1, -0.05) is 30.3 Å². The van der Waals surface area contributed by atoms with Crippen molar-refractivity contribution in [3.05, 3.63) is 72.0 Å². The first-order chi connectivity index (χ1) is 12.7. The molecule has 0 saturated carbocycles. The van der Waals surface area contributed by atoms with E-state index in [1.807, 2.05) is 24.3 Å². The molecule has 26 heavy (non-hydrogen) atoms. The molecule has 3 N–H and O–H groups in total. The van der Waals surface area contributed by atoms with Crippen molar-refractivity contribution < 1.29 is 14.3 Å². The molecule has 2 aromatic carbocycles. The van der Waals surface area contributed by atoms with Crippen molar-refractivity contribution in [1.82, 2.24) is 9.97 Å². The van der Waals surface area contributed by atoms with Crippen LogP contribution in [0, 0.1) is 0 Å². The second kappa shape index (κ2) is 6.56. The summed E-state index contributed by atoms with van der Waals surface area (Å²) in [7, 11) is 0. The van der Waals surface area contributed by atoms with Crippen molar-refractivity contribution in [2.75, 3.05) is 5.43 Å². The number of hydrogen-bond acceptors (Lipinski definition) is 5. The molecule has 0 unspecified atom stereocenters. The number of furan rings is 1. The van der Waals surface area contributed by atoms with Crippen molar-refractivity contribution in [2.24, 2.45) is 5.10 Å². The summed E-state index contributed by atoms with van der Waals surface area (Å²) >= 11 is 0. The summed E-state index contributed by atoms with van der Waals surface area (Å²) in [6, 6.07) is 17.8. The van der Waals surface area contributed by atoms with Gasteiger partial charge in [0.1, 0.15) is 11.5 Å². The van der Waals surface area contributed by atoms with E-state index < -0.39 is 5.97 Å². The van der Waals surface area contributed by atoms with Gasteiger partial charge in [-0.25, -0.2) is 15.2 Å². The first-order valence-corrected chi connectivity index (χ1v) is 7.87. The lowest BCUT2D eigenvalue weighted by atomic mass is 10.1. The molecule has 0 bridgehead atoms. The zero-order valence-electron chi connectivity index (χ0n) is 13.5. The van der Waals surface area contributed by atoms with E-state index in [1.165, 1.54) is 12.3 Å². The van der Waals surface area contributed by atoms with E-state index in [2.05, 4.69) is 20.5 Å². The minimum Gasteiger partial charge on any atom is -0.478 e. The molecule has 0 aliphatic rings. The molecule has 128 valence electrons. The normalized spacial score (nSPS) is 11.2. The molecule has 0 aliphatic heterocycles. The van der Waals surface area contributed by atoms with Crippen molar-refractivity contribution in [2.45, 2.75) is 0 Å². The van der Waals surface area contributed by atoms with Crippen molar-refractivity contribution >= 4 is 29.2 Å². The molecule has 0 radical (unpaired) electrons. The van der Waals surface area contributed by atoms with Gasteiger partial charge >= 0.3 is 5.97 Å². The Hall–Kier alpha value is -3.87. The molecular weight excluding hydrogens is 332 g/mol. The summed E-state index contributed by atoms with van der Waals surface area (Å²) in [6.07, 6.45) is 1.50. The number of anilines is 1. The van der Waals surface area contributed by atoms with Crippen LogP contribution >= 0.6 is 0 Å². The van der Waals surface area contributed by atoms with Gasteiger partial charge in [0.05, 0.1) is 22.8 Å². The maximum Gasteiger partial charge on any atom is 0.336 e. The number of rotatable bonds is 5. The fourth-order valence-corrected chi connectivity index (χ4v) is 2.61. The number of aromatic nitrogens is 2. The number of para-hydroxylation sites is 2. The van der Waals surface area contributed by atoms with Gasteiger partial charge in [-0.05, 0) is 30.3 Å². The summed E-state index contributed by atoms with van der Waals surface area (Å²) in [4.78, 5) is 18.8. The number of hydrogen-bond donors (Lipinski definition) is 3. The van der Waals surface area contributed by atoms with Crippen LogP contribution in [-0.4, -0.2) is 27.3 Å². The van der Waals surface area contributed by atoms with E-state index in [1.54, 1.807) is 30.3 Å². The van der Waals surface area contributed by atoms with Crippen LogP contribution in [0.2, 0.25) is 0 Å². The Morgan fingerprint density at radius 3 is 2.77 bits per heavy atom. The van der Waals surface area contributed by atoms with Gasteiger partial charge in [0.25, 0.3) is 0 Å². The predicted octanol–water partition coefficient (Wildman–Crippen LogP) is 3.97. The lowest BCUT2D eigenvalue weighted by molar-refractivity contribution is 0.0697. The highest BCUT2D eigenvalue weighted by Crippen LogP contribution is 2.25. The SMILES string of the molecule is O=C(O)c1ccccc1-c1ccc(/C=N\Nc2nc3ccccc3[nH]2)o1. The molecular formula is C19H14N4O3. The number of H-pyrrole nitrogens is 1. The summed E-state index contributed by atoms with van der Waals surface area (Å²) in [5, 5.41) is 13.4. The van der Waals surface area contributed by atoms with E-state index in [-0.39, 0.29) is 5.56 Å². The molecule has 4 aromatic rings. The first-order valence-electron chi connectivity index (χ1n) is 7.87. The van der Waals surface area contributed by atoms with Crippen molar-refractivity contribution in [3.63, 3.8) is 0 Å². The number of aromatic amines is 1. The first kappa shape index (κ1) is 15.6. The largest absolute Gasteiger partial charge is 0.478 e. The number of carbonyl (C=O) groups is 1. The highest BCUT2D eigenvalue weighted by Gasteiger charge is 2.13. The molecule has 0 saturated heterocycles. The summed E-state index contributed by atoms with van der Waals surface area (Å²) < 4.78 is 5.67. The fraction of sp³-hybridized carbons (Fsp3) is 0. The Morgan fingerprint density at radius 2 is 1.92 bits per heavy atom. The van der Waals surface area contributed by atoms with Crippen LogP contribution in [0.3, 0.4) is 0 Å². The van der Waals surface area contributed by atoms with Gasteiger partial charge in [-0.15, -0.1) is 0 Å². The van der Waals surface area contributed by atoms with Gasteiger partial charge in [0.2, 0.25) is 5.95 Å². The molecule has 7 heteroatoms. The topological polar surface area (TPSA) is 104 Å². The molecule has 0 aliphatic carbocycles. The Morgan fingerprint density at radius 1 is 1.12 bits per heavy atom. The molecule has 0 spiro atoms. The van der Waals surface area contributed by atoms with Gasteiger partial charge in [-0.2, -0.15) is 5.10 Å². The van der Waals surface area contributed by atoms with E-state index in [0.29, 0.717) is 23.0 Å². The average molecular weight is 346 g/mol. The molecule has 2 heterocycles. The van der Waals surface area contributed by atoms with Crippen LogP contribution in [-0.2, 0) is 0 Å². The van der Waals surface area contributed by atoms with Crippen LogP contribution in [0.5, 0.6) is 0 Å². The number of benzene rings is 2. The lowest BCUT2D eigenvalue weighted by Crippen LogP contribution is -1.98. The number of nitrogens with zero attached hydrogens (tertiary/aromatic N) is 2. The summed E-state index contributed by atoms with van der Waals surface area (Å²) in [6.45, 7) is 0. The average Bonchev–Trinajstić information content (AvgIpc) is 3.28. The molecule has 0 amide bonds. The molecule has 0 fully saturated rings. The smallest absolute Gasteiger partial charge is 0.336 e. The second-order valence-corrected chi connectivity index (χ2v) is 5.53. The third-order valence-corrected chi connectivity index (χ3v) is 3.80. The minimum atomic E-state index is -1.00. The van der Waals surface area contributed by atoms with Gasteiger partial charge in [0, 0.05) is 5.56 Å². The zero-order valence-corrected chi connectivity index (χ0v) is 13.5.